The summed E-state index contributed by atoms with van der Waals surface area (Å²) in [5.74, 6) is 0.721. The van der Waals surface area contributed by atoms with E-state index in [2.05, 4.69) is 156 Å². The number of fused-ring (bicyclic) bond motifs is 6. The van der Waals surface area contributed by atoms with Gasteiger partial charge < -0.3 is 9.47 Å². The van der Waals surface area contributed by atoms with Crippen LogP contribution in [0.3, 0.4) is 0 Å². The summed E-state index contributed by atoms with van der Waals surface area (Å²) in [6.45, 7) is 5.01. The van der Waals surface area contributed by atoms with Crippen LogP contribution < -0.4 is 4.90 Å². The summed E-state index contributed by atoms with van der Waals surface area (Å²) >= 11 is 0. The summed E-state index contributed by atoms with van der Waals surface area (Å²) in [6.07, 6.45) is 8.22. The number of rotatable bonds is 4. The van der Waals surface area contributed by atoms with Crippen molar-refractivity contribution < 1.29 is 0 Å². The van der Waals surface area contributed by atoms with Gasteiger partial charge >= 0.3 is 0 Å². The molecule has 1 aliphatic rings. The molecule has 9 aromatic rings. The highest BCUT2D eigenvalue weighted by atomic mass is 15.2. The Morgan fingerprint density at radius 1 is 0.582 bits per heavy atom. The van der Waals surface area contributed by atoms with Gasteiger partial charge in [-0.25, -0.2) is 4.98 Å². The Kier molecular flexibility index (Phi) is 7.71. The van der Waals surface area contributed by atoms with Crippen molar-refractivity contribution in [3.8, 4) is 34.0 Å². The van der Waals surface area contributed by atoms with Gasteiger partial charge in [-0.2, -0.15) is 5.26 Å². The van der Waals surface area contributed by atoms with Gasteiger partial charge in [-0.3, -0.25) is 0 Å². The molecule has 3 heterocycles. The number of benzene rings is 7. The quantitative estimate of drug-likeness (QED) is 0.183. The summed E-state index contributed by atoms with van der Waals surface area (Å²) < 4.78 is 2.37. The Hall–Kier alpha value is -7.48. The second-order valence-electron chi connectivity index (χ2n) is 14.0. The number of anilines is 2. The third kappa shape index (κ3) is 5.58. The summed E-state index contributed by atoms with van der Waals surface area (Å²) in [5.41, 5.74) is 12.3. The monoisotopic (exact) mass is 702 g/mol. The van der Waals surface area contributed by atoms with Crippen LogP contribution in [0.2, 0.25) is 0 Å². The lowest BCUT2D eigenvalue weighted by Crippen LogP contribution is -2.20. The van der Waals surface area contributed by atoms with E-state index in [1.165, 1.54) is 38.2 Å². The SMILES string of the molecule is C=C1/C=C\C=C/CN(c2cc(C#N)c3ccccc3n2)c2cc(-c3ccc4c(c3)c3ccccc3n4-c3ccc(-c4ccc5ccccc5c4)cc3)ccc21. The van der Waals surface area contributed by atoms with E-state index >= 15 is 0 Å². The predicted molar refractivity (Wildman–Crippen MR) is 230 cm³/mol. The smallest absolute Gasteiger partial charge is 0.135 e. The predicted octanol–water partition coefficient (Wildman–Crippen LogP) is 13.0. The molecule has 0 amide bonds. The third-order valence-electron chi connectivity index (χ3n) is 10.8. The number of aromatic nitrogens is 2. The number of nitriles is 1. The fourth-order valence-electron chi connectivity index (χ4n) is 8.02. The fourth-order valence-corrected chi connectivity index (χ4v) is 8.02. The van der Waals surface area contributed by atoms with Crippen LogP contribution in [-0.4, -0.2) is 16.1 Å². The van der Waals surface area contributed by atoms with Gasteiger partial charge in [0.05, 0.1) is 33.9 Å². The van der Waals surface area contributed by atoms with Crippen LogP contribution in [0.15, 0.2) is 189 Å². The molecule has 0 saturated carbocycles. The van der Waals surface area contributed by atoms with Crippen molar-refractivity contribution in [3.05, 3.63) is 200 Å². The zero-order valence-corrected chi connectivity index (χ0v) is 30.0. The van der Waals surface area contributed by atoms with Crippen LogP contribution in [0.25, 0.3) is 77.0 Å². The van der Waals surface area contributed by atoms with Crippen LogP contribution in [0.1, 0.15) is 11.1 Å². The minimum atomic E-state index is 0.580. The van der Waals surface area contributed by atoms with Gasteiger partial charge in [-0.15, -0.1) is 0 Å². The summed E-state index contributed by atoms with van der Waals surface area (Å²) in [5, 5.41) is 15.9. The van der Waals surface area contributed by atoms with Crippen molar-refractivity contribution in [3.63, 3.8) is 0 Å². The van der Waals surface area contributed by atoms with Crippen LogP contribution in [0.5, 0.6) is 0 Å². The molecule has 0 unspecified atom stereocenters. The van der Waals surface area contributed by atoms with E-state index in [0.717, 1.165) is 55.9 Å². The minimum Gasteiger partial charge on any atom is -0.322 e. The lowest BCUT2D eigenvalue weighted by Gasteiger charge is -2.26. The third-order valence-corrected chi connectivity index (χ3v) is 10.8. The van der Waals surface area contributed by atoms with E-state index in [4.69, 9.17) is 4.98 Å². The van der Waals surface area contributed by atoms with Gasteiger partial charge in [0.2, 0.25) is 0 Å². The first-order chi connectivity index (χ1) is 27.1. The second-order valence-corrected chi connectivity index (χ2v) is 14.0. The van der Waals surface area contributed by atoms with Crippen molar-refractivity contribution >= 4 is 60.6 Å². The number of pyridine rings is 1. The highest BCUT2D eigenvalue weighted by molar-refractivity contribution is 6.10. The van der Waals surface area contributed by atoms with Crippen molar-refractivity contribution in [2.45, 2.75) is 0 Å². The van der Waals surface area contributed by atoms with E-state index in [0.29, 0.717) is 12.1 Å². The average Bonchev–Trinajstić information content (AvgIpc) is 3.60. The molecule has 1 aliphatic heterocycles. The Morgan fingerprint density at radius 2 is 1.27 bits per heavy atom. The maximum atomic E-state index is 10.1. The molecule has 10 rings (SSSR count). The first kappa shape index (κ1) is 32.2. The van der Waals surface area contributed by atoms with E-state index in [1.807, 2.05) is 48.6 Å². The number of nitrogens with zero attached hydrogens (tertiary/aromatic N) is 4. The fraction of sp³-hybridized carbons (Fsp3) is 0.0196. The summed E-state index contributed by atoms with van der Waals surface area (Å²) in [7, 11) is 0. The number of para-hydroxylation sites is 2. The minimum absolute atomic E-state index is 0.580. The van der Waals surface area contributed by atoms with Crippen LogP contribution >= 0.6 is 0 Å². The zero-order chi connectivity index (χ0) is 36.9. The molecule has 0 fully saturated rings. The number of allylic oxidation sites excluding steroid dienone is 4. The zero-order valence-electron chi connectivity index (χ0n) is 30.0. The molecule has 0 N–H and O–H groups in total. The summed E-state index contributed by atoms with van der Waals surface area (Å²) in [6, 6.07) is 58.2. The average molecular weight is 703 g/mol. The largest absolute Gasteiger partial charge is 0.322 e. The van der Waals surface area contributed by atoms with Gasteiger partial charge in [0.15, 0.2) is 0 Å². The Bertz CT molecular complexity index is 3100. The highest BCUT2D eigenvalue weighted by Gasteiger charge is 2.20. The van der Waals surface area contributed by atoms with Gasteiger partial charge in [-0.05, 0) is 93.2 Å². The van der Waals surface area contributed by atoms with Crippen molar-refractivity contribution in [1.29, 1.82) is 5.26 Å². The van der Waals surface area contributed by atoms with Gasteiger partial charge in [0.1, 0.15) is 5.82 Å². The molecular weight excluding hydrogens is 669 g/mol. The molecule has 0 saturated heterocycles. The van der Waals surface area contributed by atoms with Crippen molar-refractivity contribution in [2.75, 3.05) is 11.4 Å². The molecule has 4 heteroatoms. The summed E-state index contributed by atoms with van der Waals surface area (Å²) in [4.78, 5) is 7.25. The van der Waals surface area contributed by atoms with E-state index in [-0.39, 0.29) is 0 Å². The standard InChI is InChI=1S/C51H34N4/c1-34-11-3-2-10-28-54(51-32-41(33-52)44-14-6-8-16-47(44)53-51)50-31-40(22-26-43(34)50)39-23-27-49-46(30-39)45-15-7-9-17-48(45)55(49)42-24-20-36(21-25-42)38-19-18-35-12-4-5-13-37(35)29-38/h2-27,29-32H,1,28H2/b10-2-,11-3-. The molecule has 7 aromatic carbocycles. The number of hydrogen-bond acceptors (Lipinski definition) is 3. The van der Waals surface area contributed by atoms with Crippen molar-refractivity contribution in [2.24, 2.45) is 0 Å². The molecule has 0 spiro atoms. The lowest BCUT2D eigenvalue weighted by atomic mass is 9.96. The van der Waals surface area contributed by atoms with E-state index in [9.17, 15) is 5.26 Å². The molecule has 0 radical (unpaired) electrons. The Morgan fingerprint density at radius 3 is 2.15 bits per heavy atom. The second kappa shape index (κ2) is 13.2. The van der Waals surface area contributed by atoms with E-state index in [1.54, 1.807) is 0 Å². The topological polar surface area (TPSA) is 44.9 Å². The molecule has 2 aromatic heterocycles. The molecule has 0 aliphatic carbocycles. The lowest BCUT2D eigenvalue weighted by molar-refractivity contribution is 1.05. The molecule has 55 heavy (non-hydrogen) atoms. The molecule has 258 valence electrons. The first-order valence-electron chi connectivity index (χ1n) is 18.5. The maximum absolute atomic E-state index is 10.1. The van der Waals surface area contributed by atoms with Gasteiger partial charge in [0, 0.05) is 34.0 Å². The highest BCUT2D eigenvalue weighted by Crippen LogP contribution is 2.40. The van der Waals surface area contributed by atoms with Crippen molar-refractivity contribution in [1.82, 2.24) is 9.55 Å². The van der Waals surface area contributed by atoms with Crippen LogP contribution in [-0.2, 0) is 0 Å². The van der Waals surface area contributed by atoms with Gasteiger partial charge in [0.25, 0.3) is 0 Å². The Labute approximate surface area is 319 Å². The maximum Gasteiger partial charge on any atom is 0.135 e. The van der Waals surface area contributed by atoms with E-state index < -0.39 is 0 Å². The number of hydrogen-bond donors (Lipinski definition) is 0. The van der Waals surface area contributed by atoms with Crippen LogP contribution in [0.4, 0.5) is 11.5 Å². The molecule has 0 bridgehead atoms. The van der Waals surface area contributed by atoms with Crippen LogP contribution in [0, 0.1) is 11.3 Å². The molecule has 4 nitrogen and oxygen atoms in total. The van der Waals surface area contributed by atoms with Gasteiger partial charge in [-0.1, -0.05) is 134 Å². The Balaban J connectivity index is 1.08. The molecule has 0 atom stereocenters. The molecular formula is C51H34N4. The first-order valence-corrected chi connectivity index (χ1v) is 18.5. The normalized spacial score (nSPS) is 14.0.